The van der Waals surface area contributed by atoms with Gasteiger partial charge in [-0.3, -0.25) is 9.48 Å². The Labute approximate surface area is 187 Å². The molecule has 2 aromatic carbocycles. The highest BCUT2D eigenvalue weighted by Gasteiger charge is 2.25. The van der Waals surface area contributed by atoms with Gasteiger partial charge in [-0.05, 0) is 34.9 Å². The smallest absolute Gasteiger partial charge is 0.251 e. The Hall–Kier alpha value is -3.01. The number of carbonyl (C=O) groups excluding carboxylic acids is 1. The SMILES string of the molecule is O=C(NCc1ccccc1CS(=O)(=O)N1CCOCC1)c1ccc(Cn2cccn2)cc1. The first-order valence-electron chi connectivity index (χ1n) is 10.5. The number of rotatable bonds is 8. The monoisotopic (exact) mass is 454 g/mol. The van der Waals surface area contributed by atoms with E-state index in [0.29, 0.717) is 44.0 Å². The molecule has 9 heteroatoms. The topological polar surface area (TPSA) is 93.5 Å². The molecule has 2 heterocycles. The molecule has 0 aliphatic carbocycles. The van der Waals surface area contributed by atoms with Crippen LogP contribution in [-0.2, 0) is 33.6 Å². The largest absolute Gasteiger partial charge is 0.379 e. The number of morpholine rings is 1. The molecule has 8 nitrogen and oxygen atoms in total. The number of sulfonamides is 1. The molecule has 0 spiro atoms. The molecule has 168 valence electrons. The Balaban J connectivity index is 1.38. The summed E-state index contributed by atoms with van der Waals surface area (Å²) in [7, 11) is -3.44. The van der Waals surface area contributed by atoms with Crippen LogP contribution in [0.15, 0.2) is 67.0 Å². The lowest BCUT2D eigenvalue weighted by Crippen LogP contribution is -2.41. The van der Waals surface area contributed by atoms with Crippen LogP contribution in [0.25, 0.3) is 0 Å². The van der Waals surface area contributed by atoms with Crippen molar-refractivity contribution in [3.8, 4) is 0 Å². The third kappa shape index (κ3) is 5.61. The summed E-state index contributed by atoms with van der Waals surface area (Å²) in [4.78, 5) is 12.6. The molecule has 0 bridgehead atoms. The molecule has 1 fully saturated rings. The minimum atomic E-state index is -3.44. The predicted octanol–water partition coefficient (Wildman–Crippen LogP) is 2.02. The summed E-state index contributed by atoms with van der Waals surface area (Å²) in [5.74, 6) is -0.303. The van der Waals surface area contributed by atoms with Gasteiger partial charge in [0.15, 0.2) is 0 Å². The highest BCUT2D eigenvalue weighted by Crippen LogP contribution is 2.17. The average molecular weight is 455 g/mol. The van der Waals surface area contributed by atoms with E-state index in [-0.39, 0.29) is 18.2 Å². The van der Waals surface area contributed by atoms with E-state index in [1.54, 1.807) is 24.4 Å². The van der Waals surface area contributed by atoms with Crippen molar-refractivity contribution in [2.24, 2.45) is 0 Å². The van der Waals surface area contributed by atoms with Crippen LogP contribution in [0.2, 0.25) is 0 Å². The second-order valence-electron chi connectivity index (χ2n) is 7.62. The summed E-state index contributed by atoms with van der Waals surface area (Å²) >= 11 is 0. The molecule has 0 radical (unpaired) electrons. The first-order valence-corrected chi connectivity index (χ1v) is 12.1. The van der Waals surface area contributed by atoms with Crippen LogP contribution in [0.5, 0.6) is 0 Å². The van der Waals surface area contributed by atoms with Gasteiger partial charge in [0, 0.05) is 37.6 Å². The fourth-order valence-electron chi connectivity index (χ4n) is 3.60. The summed E-state index contributed by atoms with van der Waals surface area (Å²) in [5, 5.41) is 7.08. The van der Waals surface area contributed by atoms with Crippen molar-refractivity contribution in [2.75, 3.05) is 26.3 Å². The van der Waals surface area contributed by atoms with Gasteiger partial charge in [0.25, 0.3) is 5.91 Å². The first-order chi connectivity index (χ1) is 15.5. The zero-order valence-electron chi connectivity index (χ0n) is 17.7. The Morgan fingerprint density at radius 2 is 1.72 bits per heavy atom. The van der Waals surface area contributed by atoms with Crippen molar-refractivity contribution < 1.29 is 17.9 Å². The maximum absolute atomic E-state index is 12.8. The van der Waals surface area contributed by atoms with Gasteiger partial charge in [0.05, 0.1) is 25.5 Å². The quantitative estimate of drug-likeness (QED) is 0.562. The molecule has 1 aliphatic heterocycles. The Morgan fingerprint density at radius 1 is 1.00 bits per heavy atom. The lowest BCUT2D eigenvalue weighted by atomic mass is 10.1. The lowest BCUT2D eigenvalue weighted by molar-refractivity contribution is 0.0729. The van der Waals surface area contributed by atoms with Crippen LogP contribution in [0, 0.1) is 0 Å². The van der Waals surface area contributed by atoms with Crippen molar-refractivity contribution in [1.82, 2.24) is 19.4 Å². The number of benzene rings is 2. The fraction of sp³-hybridized carbons (Fsp3) is 0.304. The third-order valence-corrected chi connectivity index (χ3v) is 7.21. The molecule has 1 N–H and O–H groups in total. The van der Waals surface area contributed by atoms with Gasteiger partial charge in [-0.1, -0.05) is 36.4 Å². The normalized spacial score (nSPS) is 14.9. The lowest BCUT2D eigenvalue weighted by Gasteiger charge is -2.26. The zero-order chi connectivity index (χ0) is 22.4. The van der Waals surface area contributed by atoms with E-state index >= 15 is 0 Å². The highest BCUT2D eigenvalue weighted by molar-refractivity contribution is 7.88. The second-order valence-corrected chi connectivity index (χ2v) is 9.59. The molecule has 0 atom stereocenters. The van der Waals surface area contributed by atoms with Crippen molar-refractivity contribution in [3.05, 3.63) is 89.2 Å². The number of nitrogens with zero attached hydrogens (tertiary/aromatic N) is 3. The first kappa shape index (κ1) is 22.2. The van der Waals surface area contributed by atoms with E-state index in [2.05, 4.69) is 10.4 Å². The van der Waals surface area contributed by atoms with Gasteiger partial charge < -0.3 is 10.1 Å². The standard InChI is InChI=1S/C23H26N4O4S/c28-23(20-8-6-19(7-9-20)17-26-11-3-10-25-26)24-16-21-4-1-2-5-22(21)18-32(29,30)27-12-14-31-15-13-27/h1-11H,12-18H2,(H,24,28). The van der Waals surface area contributed by atoms with E-state index in [4.69, 9.17) is 4.74 Å². The van der Waals surface area contributed by atoms with Crippen molar-refractivity contribution in [3.63, 3.8) is 0 Å². The van der Waals surface area contributed by atoms with Crippen LogP contribution in [0.1, 0.15) is 27.0 Å². The molecule has 1 amide bonds. The van der Waals surface area contributed by atoms with Crippen molar-refractivity contribution in [2.45, 2.75) is 18.8 Å². The van der Waals surface area contributed by atoms with Gasteiger partial charge in [-0.15, -0.1) is 0 Å². The number of hydrogen-bond acceptors (Lipinski definition) is 5. The number of nitrogens with one attached hydrogen (secondary N) is 1. The third-order valence-electron chi connectivity index (χ3n) is 5.38. The Kier molecular flexibility index (Phi) is 6.99. The zero-order valence-corrected chi connectivity index (χ0v) is 18.5. The average Bonchev–Trinajstić information content (AvgIpc) is 3.32. The second kappa shape index (κ2) is 10.1. The molecular formula is C23H26N4O4S. The number of ether oxygens (including phenoxy) is 1. The van der Waals surface area contributed by atoms with Crippen LogP contribution in [0.3, 0.4) is 0 Å². The summed E-state index contributed by atoms with van der Waals surface area (Å²) in [6.07, 6.45) is 3.61. The minimum Gasteiger partial charge on any atom is -0.379 e. The number of carbonyl (C=O) groups is 1. The molecule has 32 heavy (non-hydrogen) atoms. The maximum atomic E-state index is 12.8. The van der Waals surface area contributed by atoms with Crippen LogP contribution in [-0.4, -0.2) is 54.7 Å². The van der Waals surface area contributed by atoms with E-state index < -0.39 is 10.0 Å². The van der Waals surface area contributed by atoms with Crippen molar-refractivity contribution >= 4 is 15.9 Å². The van der Waals surface area contributed by atoms with Gasteiger partial charge in [0.2, 0.25) is 10.0 Å². The van der Waals surface area contributed by atoms with E-state index in [9.17, 15) is 13.2 Å². The Morgan fingerprint density at radius 3 is 2.41 bits per heavy atom. The molecule has 1 saturated heterocycles. The van der Waals surface area contributed by atoms with Crippen LogP contribution in [0.4, 0.5) is 0 Å². The molecule has 4 rings (SSSR count). The molecule has 3 aromatic rings. The van der Waals surface area contributed by atoms with Crippen molar-refractivity contribution in [1.29, 1.82) is 0 Å². The molecule has 0 saturated carbocycles. The van der Waals surface area contributed by atoms with Gasteiger partial charge in [-0.25, -0.2) is 8.42 Å². The minimum absolute atomic E-state index is 0.0961. The molecular weight excluding hydrogens is 428 g/mol. The summed E-state index contributed by atoms with van der Waals surface area (Å²) in [6.45, 7) is 2.47. The summed E-state index contributed by atoms with van der Waals surface area (Å²) in [5.41, 5.74) is 3.07. The van der Waals surface area contributed by atoms with Gasteiger partial charge >= 0.3 is 0 Å². The summed E-state index contributed by atoms with van der Waals surface area (Å²) in [6, 6.07) is 16.5. The Bertz CT molecular complexity index is 1140. The van der Waals surface area contributed by atoms with Gasteiger partial charge in [0.1, 0.15) is 0 Å². The number of aromatic nitrogens is 2. The predicted molar refractivity (Wildman–Crippen MR) is 120 cm³/mol. The molecule has 1 aliphatic rings. The van der Waals surface area contributed by atoms with Gasteiger partial charge in [-0.2, -0.15) is 9.40 Å². The number of hydrogen-bond donors (Lipinski definition) is 1. The maximum Gasteiger partial charge on any atom is 0.251 e. The fourth-order valence-corrected chi connectivity index (χ4v) is 5.17. The van der Waals surface area contributed by atoms with E-state index in [1.807, 2.05) is 47.3 Å². The summed E-state index contributed by atoms with van der Waals surface area (Å²) < 4.78 is 34.1. The van der Waals surface area contributed by atoms with E-state index in [1.165, 1.54) is 4.31 Å². The molecule has 1 aromatic heterocycles. The van der Waals surface area contributed by atoms with E-state index in [0.717, 1.165) is 11.1 Å². The number of amides is 1. The highest BCUT2D eigenvalue weighted by atomic mass is 32.2. The van der Waals surface area contributed by atoms with Crippen LogP contribution >= 0.6 is 0 Å². The van der Waals surface area contributed by atoms with Crippen LogP contribution < -0.4 is 5.32 Å². The molecule has 0 unspecified atom stereocenters.